The maximum absolute atomic E-state index is 11.6. The number of nitrogens with one attached hydrogen (secondary N) is 2. The van der Waals surface area contributed by atoms with Crippen molar-refractivity contribution in [3.05, 3.63) is 22.7 Å². The highest BCUT2D eigenvalue weighted by molar-refractivity contribution is 7.85. The number of carboxylic acids is 1. The number of carbonyl (C=O) groups is 2. The van der Waals surface area contributed by atoms with E-state index in [1.165, 1.54) is 6.92 Å². The van der Waals surface area contributed by atoms with Crippen molar-refractivity contribution < 1.29 is 27.7 Å². The number of anilines is 1. The lowest BCUT2D eigenvalue weighted by Gasteiger charge is -2.13. The van der Waals surface area contributed by atoms with Gasteiger partial charge in [-0.1, -0.05) is 11.6 Å². The molecule has 0 radical (unpaired) electrons. The van der Waals surface area contributed by atoms with Crippen molar-refractivity contribution in [3.63, 3.8) is 0 Å². The number of aliphatic carboxylic acids is 1. The van der Waals surface area contributed by atoms with E-state index in [1.807, 2.05) is 0 Å². The third-order valence-electron chi connectivity index (χ3n) is 2.66. The first-order chi connectivity index (χ1) is 10.0. The predicted octanol–water partition coefficient (Wildman–Crippen LogP) is 0.429. The van der Waals surface area contributed by atoms with Crippen LogP contribution in [0.5, 0.6) is 0 Å². The number of rotatable bonds is 5. The van der Waals surface area contributed by atoms with Crippen LogP contribution in [0.4, 0.5) is 10.5 Å². The lowest BCUT2D eigenvalue weighted by atomic mass is 10.2. The third-order valence-corrected chi connectivity index (χ3v) is 3.89. The van der Waals surface area contributed by atoms with E-state index in [1.54, 1.807) is 0 Å². The average molecular weight is 352 g/mol. The Morgan fingerprint density at radius 3 is 2.50 bits per heavy atom. The quantitative estimate of drug-likeness (QED) is 0.481. The van der Waals surface area contributed by atoms with Gasteiger partial charge in [0.2, 0.25) is 0 Å². The summed E-state index contributed by atoms with van der Waals surface area (Å²) in [5, 5.41) is 13.1. The third kappa shape index (κ3) is 4.84. The molecule has 0 saturated heterocycles. The van der Waals surface area contributed by atoms with Crippen molar-refractivity contribution in [2.45, 2.75) is 17.9 Å². The molecular formula is C11H14ClN3O6S. The second-order valence-electron chi connectivity index (χ2n) is 4.33. The fraction of sp³-hybridized carbons (Fsp3) is 0.273. The molecule has 9 nitrogen and oxygen atoms in total. The van der Waals surface area contributed by atoms with Gasteiger partial charge in [0.1, 0.15) is 6.04 Å². The summed E-state index contributed by atoms with van der Waals surface area (Å²) in [4.78, 5) is 21.7. The van der Waals surface area contributed by atoms with Crippen molar-refractivity contribution in [3.8, 4) is 0 Å². The monoisotopic (exact) mass is 351 g/mol. The van der Waals surface area contributed by atoms with Crippen LogP contribution in [0, 0.1) is 6.92 Å². The highest BCUT2D eigenvalue weighted by atomic mass is 35.5. The summed E-state index contributed by atoms with van der Waals surface area (Å²) >= 11 is 5.83. The van der Waals surface area contributed by atoms with E-state index in [4.69, 9.17) is 27.0 Å². The van der Waals surface area contributed by atoms with Gasteiger partial charge in [0.15, 0.2) is 0 Å². The summed E-state index contributed by atoms with van der Waals surface area (Å²) in [5.41, 5.74) is 5.63. The standard InChI is InChI=1S/C11H14ClN3O6S/c1-5-7(12)2-6(22(19,20)21)3-9(5)15-11(18)14-4-8(13)10(16)17/h2-3,8H,4,13H2,1H3,(H,16,17)(H2,14,15,18)(H,19,20,21)/t8-/m0/s1. The summed E-state index contributed by atoms with van der Waals surface area (Å²) in [6, 6.07) is -0.0222. The molecule has 1 aromatic rings. The molecule has 1 rings (SSSR count). The normalized spacial score (nSPS) is 12.5. The summed E-state index contributed by atoms with van der Waals surface area (Å²) in [7, 11) is -4.49. The Balaban J connectivity index is 2.91. The van der Waals surface area contributed by atoms with E-state index < -0.39 is 33.1 Å². The zero-order valence-electron chi connectivity index (χ0n) is 11.3. The van der Waals surface area contributed by atoms with Gasteiger partial charge in [-0.25, -0.2) is 4.79 Å². The topological polar surface area (TPSA) is 159 Å². The maximum Gasteiger partial charge on any atom is 0.322 e. The predicted molar refractivity (Wildman–Crippen MR) is 78.6 cm³/mol. The van der Waals surface area contributed by atoms with Crippen molar-refractivity contribution >= 4 is 39.4 Å². The van der Waals surface area contributed by atoms with Crippen molar-refractivity contribution in [1.82, 2.24) is 5.32 Å². The Hall–Kier alpha value is -1.88. The van der Waals surface area contributed by atoms with Crippen LogP contribution >= 0.6 is 11.6 Å². The van der Waals surface area contributed by atoms with Gasteiger partial charge in [-0.3, -0.25) is 9.35 Å². The van der Waals surface area contributed by atoms with E-state index in [0.29, 0.717) is 5.56 Å². The molecule has 0 fully saturated rings. The number of carboxylic acid groups (broad SMARTS) is 1. The average Bonchev–Trinajstić information content (AvgIpc) is 2.39. The zero-order valence-corrected chi connectivity index (χ0v) is 12.9. The summed E-state index contributed by atoms with van der Waals surface area (Å²) in [5.74, 6) is -1.28. The molecule has 0 saturated carbocycles. The molecule has 0 bridgehead atoms. The number of hydrogen-bond acceptors (Lipinski definition) is 5. The van der Waals surface area contributed by atoms with Crippen molar-refractivity contribution in [2.24, 2.45) is 5.73 Å². The maximum atomic E-state index is 11.6. The fourth-order valence-electron chi connectivity index (χ4n) is 1.39. The number of carbonyl (C=O) groups excluding carboxylic acids is 1. The number of benzene rings is 1. The summed E-state index contributed by atoms with van der Waals surface area (Å²) in [6.07, 6.45) is 0. The SMILES string of the molecule is Cc1c(Cl)cc(S(=O)(=O)O)cc1NC(=O)NC[C@H](N)C(=O)O. The highest BCUT2D eigenvalue weighted by Gasteiger charge is 2.17. The fourth-order valence-corrected chi connectivity index (χ4v) is 2.21. The van der Waals surface area contributed by atoms with Gasteiger partial charge in [0, 0.05) is 17.3 Å². The van der Waals surface area contributed by atoms with E-state index in [2.05, 4.69) is 10.6 Å². The van der Waals surface area contributed by atoms with Crippen molar-refractivity contribution in [1.29, 1.82) is 0 Å². The van der Waals surface area contributed by atoms with Crippen LogP contribution in [0.3, 0.4) is 0 Å². The van der Waals surface area contributed by atoms with Crippen LogP contribution in [0.2, 0.25) is 5.02 Å². The van der Waals surface area contributed by atoms with Crippen LogP contribution in [-0.2, 0) is 14.9 Å². The van der Waals surface area contributed by atoms with Gasteiger partial charge in [-0.15, -0.1) is 0 Å². The van der Waals surface area contributed by atoms with Crippen molar-refractivity contribution in [2.75, 3.05) is 11.9 Å². The summed E-state index contributed by atoms with van der Waals surface area (Å²) in [6.45, 7) is 1.20. The first-order valence-electron chi connectivity index (χ1n) is 5.83. The molecule has 6 N–H and O–H groups in total. The van der Waals surface area contributed by atoms with Gasteiger partial charge in [-0.05, 0) is 24.6 Å². The second-order valence-corrected chi connectivity index (χ2v) is 6.16. The molecular weight excluding hydrogens is 338 g/mol. The Morgan fingerprint density at radius 1 is 1.41 bits per heavy atom. The molecule has 0 aliphatic carbocycles. The molecule has 0 heterocycles. The number of hydrogen-bond donors (Lipinski definition) is 5. The molecule has 0 unspecified atom stereocenters. The molecule has 0 aromatic heterocycles. The first kappa shape index (κ1) is 18.2. The molecule has 1 atom stereocenters. The van der Waals surface area contributed by atoms with Crippen LogP contribution in [0.15, 0.2) is 17.0 Å². The van der Waals surface area contributed by atoms with E-state index in [9.17, 15) is 18.0 Å². The van der Waals surface area contributed by atoms with Gasteiger partial charge in [-0.2, -0.15) is 8.42 Å². The molecule has 0 aliphatic heterocycles. The largest absolute Gasteiger partial charge is 0.480 e. The summed E-state index contributed by atoms with van der Waals surface area (Å²) < 4.78 is 31.2. The van der Waals surface area contributed by atoms with Crippen LogP contribution in [0.25, 0.3) is 0 Å². The smallest absolute Gasteiger partial charge is 0.322 e. The minimum Gasteiger partial charge on any atom is -0.480 e. The van der Waals surface area contributed by atoms with Gasteiger partial charge < -0.3 is 21.5 Å². The Kier molecular flexibility index (Phi) is 5.72. The van der Waals surface area contributed by atoms with Gasteiger partial charge in [0.25, 0.3) is 10.1 Å². The minimum absolute atomic E-state index is 0.0210. The number of urea groups is 1. The minimum atomic E-state index is -4.49. The lowest BCUT2D eigenvalue weighted by molar-refractivity contribution is -0.138. The van der Waals surface area contributed by atoms with E-state index >= 15 is 0 Å². The Morgan fingerprint density at radius 2 is 2.00 bits per heavy atom. The molecule has 22 heavy (non-hydrogen) atoms. The van der Waals surface area contributed by atoms with Crippen LogP contribution in [0.1, 0.15) is 5.56 Å². The molecule has 1 aromatic carbocycles. The molecule has 0 aliphatic rings. The molecule has 11 heteroatoms. The molecule has 0 spiro atoms. The lowest BCUT2D eigenvalue weighted by Crippen LogP contribution is -2.43. The molecule has 122 valence electrons. The van der Waals surface area contributed by atoms with Crippen LogP contribution in [-0.4, -0.2) is 42.7 Å². The zero-order chi connectivity index (χ0) is 17.1. The first-order valence-corrected chi connectivity index (χ1v) is 7.65. The van der Waals surface area contributed by atoms with Crippen LogP contribution < -0.4 is 16.4 Å². The second kappa shape index (κ2) is 6.92. The van der Waals surface area contributed by atoms with E-state index in [0.717, 1.165) is 12.1 Å². The number of nitrogens with two attached hydrogens (primary N) is 1. The van der Waals surface area contributed by atoms with Gasteiger partial charge >= 0.3 is 12.0 Å². The Labute approximate surface area is 131 Å². The highest BCUT2D eigenvalue weighted by Crippen LogP contribution is 2.27. The van der Waals surface area contributed by atoms with Gasteiger partial charge in [0.05, 0.1) is 4.90 Å². The number of halogens is 1. The number of amides is 2. The molecule has 2 amide bonds. The Bertz CT molecular complexity index is 706. The van der Waals surface area contributed by atoms with E-state index in [-0.39, 0.29) is 17.3 Å².